The number of carbonyl (C=O) groups is 3. The molecule has 8 aliphatic rings. The molecule has 8 rings (SSSR count). The average Bonchev–Trinajstić information content (AvgIpc) is 3.27. The molecule has 0 spiro atoms. The molecule has 7 N–H and O–H groups in total. The number of hydrogen-bond acceptors (Lipinski definition) is 17. The molecule has 3 heterocycles. The van der Waals surface area contributed by atoms with Gasteiger partial charge in [-0.1, -0.05) is 53.2 Å². The molecule has 3 aliphatic heterocycles. The predicted molar refractivity (Wildman–Crippen MR) is 242 cm³/mol. The molecule has 7 fully saturated rings. The summed E-state index contributed by atoms with van der Waals surface area (Å²) >= 11 is 0. The highest BCUT2D eigenvalue weighted by atomic mass is 16.8. The van der Waals surface area contributed by atoms with E-state index in [1.165, 1.54) is 12.5 Å². The predicted octanol–water partition coefficient (Wildman–Crippen LogP) is 3.51. The number of rotatable bonds is 10. The summed E-state index contributed by atoms with van der Waals surface area (Å²) in [6.45, 7) is 18.5. The summed E-state index contributed by atoms with van der Waals surface area (Å²) in [6.07, 6.45) is -10.6. The highest BCUT2D eigenvalue weighted by Crippen LogP contribution is 2.76. The van der Waals surface area contributed by atoms with Crippen molar-refractivity contribution < 1.29 is 88.0 Å². The van der Waals surface area contributed by atoms with Gasteiger partial charge < -0.3 is 73.6 Å². The molecular weight excluding hydrogens is 901 g/mol. The maximum atomic E-state index is 13.2. The van der Waals surface area contributed by atoms with Gasteiger partial charge >= 0.3 is 17.9 Å². The van der Waals surface area contributed by atoms with E-state index in [1.54, 1.807) is 6.92 Å². The lowest BCUT2D eigenvalue weighted by Gasteiger charge is -2.71. The average molecular weight is 981 g/mol. The van der Waals surface area contributed by atoms with Crippen molar-refractivity contribution in [1.82, 2.24) is 0 Å². The summed E-state index contributed by atoms with van der Waals surface area (Å²) in [5.74, 6) is -2.01. The quantitative estimate of drug-likeness (QED) is 0.0938. The van der Waals surface area contributed by atoms with Crippen molar-refractivity contribution in [2.75, 3.05) is 13.2 Å². The largest absolute Gasteiger partial charge is 0.481 e. The van der Waals surface area contributed by atoms with Gasteiger partial charge in [-0.05, 0) is 117 Å². The van der Waals surface area contributed by atoms with E-state index in [4.69, 9.17) is 37.9 Å². The molecule has 69 heavy (non-hydrogen) atoms. The van der Waals surface area contributed by atoms with Gasteiger partial charge in [0.2, 0.25) is 0 Å². The summed E-state index contributed by atoms with van der Waals surface area (Å²) in [5, 5.41) is 78.9. The summed E-state index contributed by atoms with van der Waals surface area (Å²) < 4.78 is 47.8. The standard InChI is InChI=1S/C51H80O18/c1-24-34(56)36(58)40(69-42-37(59)39(35(57)25(2)63-42)68-43-41(66-27(4)54)38(65-26(3)53)30(55)22-62-43)44(64-24)67-33-14-15-47(7)31(48(33,8)23-52)13-16-50(10)32(47)12-11-28-29-21-46(5,6)17-19-51(29,45(60)61)20-18-49(28,50)9/h11,24-25,29-44,52,55-59H,12-23H2,1-10H3,(H,60,61)/t24-,25-,29-,30+,31+,32+,33-,34-,35-,36+,37+,38-,39+,40+,41+,42-,43-,44-,47-,48-,49+,50+,51-/m0/s1. The van der Waals surface area contributed by atoms with Crippen molar-refractivity contribution in [3.8, 4) is 0 Å². The highest BCUT2D eigenvalue weighted by molar-refractivity contribution is 5.76. The summed E-state index contributed by atoms with van der Waals surface area (Å²) in [6, 6.07) is 0. The Morgan fingerprint density at radius 3 is 1.96 bits per heavy atom. The number of aliphatic hydroxyl groups is 6. The molecule has 0 radical (unpaired) electrons. The molecule has 0 unspecified atom stereocenters. The van der Waals surface area contributed by atoms with Gasteiger partial charge in [-0.3, -0.25) is 14.4 Å². The van der Waals surface area contributed by atoms with Crippen LogP contribution in [0.5, 0.6) is 0 Å². The highest BCUT2D eigenvalue weighted by Gasteiger charge is 2.70. The van der Waals surface area contributed by atoms with E-state index in [0.29, 0.717) is 19.3 Å². The maximum absolute atomic E-state index is 13.2. The summed E-state index contributed by atoms with van der Waals surface area (Å²) in [4.78, 5) is 37.3. The van der Waals surface area contributed by atoms with E-state index in [9.17, 15) is 50.1 Å². The van der Waals surface area contributed by atoms with E-state index < -0.39 is 127 Å². The van der Waals surface area contributed by atoms with Crippen LogP contribution in [0, 0.1) is 50.2 Å². The molecule has 0 aromatic carbocycles. The number of ether oxygens (including phenoxy) is 8. The smallest absolute Gasteiger partial charge is 0.310 e. The normalized spacial score (nSPS) is 51.6. The van der Waals surface area contributed by atoms with Crippen molar-refractivity contribution in [2.24, 2.45) is 50.2 Å². The molecule has 0 amide bonds. The first-order valence-electron chi connectivity index (χ1n) is 25.4. The topological polar surface area (TPSA) is 267 Å². The van der Waals surface area contributed by atoms with Gasteiger partial charge in [0, 0.05) is 19.3 Å². The minimum atomic E-state index is -1.81. The second-order valence-electron chi connectivity index (χ2n) is 24.0. The van der Waals surface area contributed by atoms with E-state index in [1.807, 2.05) is 6.92 Å². The number of aliphatic hydroxyl groups excluding tert-OH is 6. The molecule has 23 atom stereocenters. The fourth-order valence-corrected chi connectivity index (χ4v) is 15.4. The Labute approximate surface area is 405 Å². The molecule has 3 saturated heterocycles. The number of carboxylic acids is 1. The lowest BCUT2D eigenvalue weighted by molar-refractivity contribution is -0.385. The Bertz CT molecular complexity index is 1960. The molecular formula is C51H80O18. The first-order valence-corrected chi connectivity index (χ1v) is 25.4. The van der Waals surface area contributed by atoms with E-state index >= 15 is 0 Å². The van der Waals surface area contributed by atoms with Crippen LogP contribution in [0.4, 0.5) is 0 Å². The molecule has 4 saturated carbocycles. The Morgan fingerprint density at radius 2 is 1.30 bits per heavy atom. The van der Waals surface area contributed by atoms with Crippen LogP contribution in [0.15, 0.2) is 11.6 Å². The number of allylic oxidation sites excluding steroid dienone is 2. The number of carboxylic acid groups (broad SMARTS) is 1. The zero-order chi connectivity index (χ0) is 50.6. The monoisotopic (exact) mass is 981 g/mol. The molecule has 0 aromatic rings. The van der Waals surface area contributed by atoms with Crippen LogP contribution in [0.2, 0.25) is 0 Å². The first kappa shape index (κ1) is 53.0. The van der Waals surface area contributed by atoms with E-state index in [0.717, 1.165) is 58.8 Å². The van der Waals surface area contributed by atoms with Gasteiger partial charge in [-0.25, -0.2) is 0 Å². The van der Waals surface area contributed by atoms with Gasteiger partial charge in [0.1, 0.15) is 42.7 Å². The fraction of sp³-hybridized carbons (Fsp3) is 0.902. The number of fused-ring (bicyclic) bond motifs is 7. The molecule has 392 valence electrons. The van der Waals surface area contributed by atoms with Crippen LogP contribution < -0.4 is 0 Å². The van der Waals surface area contributed by atoms with Crippen LogP contribution in [0.3, 0.4) is 0 Å². The van der Waals surface area contributed by atoms with Gasteiger partial charge in [-0.2, -0.15) is 0 Å². The molecule has 0 bridgehead atoms. The minimum Gasteiger partial charge on any atom is -0.481 e. The first-order chi connectivity index (χ1) is 32.2. The minimum absolute atomic E-state index is 0.000277. The third-order valence-corrected chi connectivity index (χ3v) is 19.6. The van der Waals surface area contributed by atoms with Gasteiger partial charge in [0.25, 0.3) is 0 Å². The van der Waals surface area contributed by atoms with Gasteiger partial charge in [0.05, 0.1) is 36.9 Å². The lowest BCUT2D eigenvalue weighted by atomic mass is 9.33. The van der Waals surface area contributed by atoms with Crippen molar-refractivity contribution in [2.45, 2.75) is 226 Å². The Hall–Kier alpha value is -2.33. The molecule has 18 nitrogen and oxygen atoms in total. The zero-order valence-corrected chi connectivity index (χ0v) is 42.1. The van der Waals surface area contributed by atoms with Gasteiger partial charge in [-0.15, -0.1) is 0 Å². The van der Waals surface area contributed by atoms with Crippen LogP contribution in [-0.2, 0) is 52.3 Å². The van der Waals surface area contributed by atoms with Crippen molar-refractivity contribution >= 4 is 17.9 Å². The Morgan fingerprint density at radius 1 is 0.681 bits per heavy atom. The third kappa shape index (κ3) is 8.73. The van der Waals surface area contributed by atoms with Crippen LogP contribution in [0.25, 0.3) is 0 Å². The third-order valence-electron chi connectivity index (χ3n) is 19.6. The van der Waals surface area contributed by atoms with Gasteiger partial charge in [0.15, 0.2) is 31.1 Å². The Kier molecular flexibility index (Phi) is 14.5. The number of esters is 2. The number of aliphatic carboxylic acids is 1. The van der Waals surface area contributed by atoms with Crippen molar-refractivity contribution in [3.63, 3.8) is 0 Å². The summed E-state index contributed by atoms with van der Waals surface area (Å²) in [7, 11) is 0. The van der Waals surface area contributed by atoms with Crippen LogP contribution in [-0.4, -0.2) is 159 Å². The lowest BCUT2D eigenvalue weighted by Crippen LogP contribution is -2.67. The van der Waals surface area contributed by atoms with Crippen LogP contribution in [0.1, 0.15) is 133 Å². The number of hydrogen-bond donors (Lipinski definition) is 7. The number of carbonyl (C=O) groups excluding carboxylic acids is 2. The molecule has 5 aliphatic carbocycles. The summed E-state index contributed by atoms with van der Waals surface area (Å²) in [5.41, 5.74) is -0.684. The van der Waals surface area contributed by atoms with Crippen LogP contribution >= 0.6 is 0 Å². The van der Waals surface area contributed by atoms with Crippen molar-refractivity contribution in [1.29, 1.82) is 0 Å². The zero-order valence-electron chi connectivity index (χ0n) is 42.1. The second-order valence-corrected chi connectivity index (χ2v) is 24.0. The van der Waals surface area contributed by atoms with Crippen molar-refractivity contribution in [3.05, 3.63) is 11.6 Å². The maximum Gasteiger partial charge on any atom is 0.310 e. The van der Waals surface area contributed by atoms with E-state index in [2.05, 4.69) is 40.7 Å². The molecule has 0 aromatic heterocycles. The van der Waals surface area contributed by atoms with E-state index in [-0.39, 0.29) is 46.0 Å². The Balaban J connectivity index is 1.03. The molecule has 18 heteroatoms. The fourth-order valence-electron chi connectivity index (χ4n) is 15.4. The second kappa shape index (κ2) is 18.9. The SMILES string of the molecule is CC(=O)O[C@@H]1[C@@H](OC(C)=O)[C@H](O[C@@H]2[C@@H](O)[C@H](C)O[C@@H](O[C@H]3[C@H](O[C@H]4CC[C@@]5(C)[C@@H](CC[C@]6(C)[C@@H]5CC=C5[C@@H]7CC(C)(C)CC[C@]7(C(=O)O)CC[C@]56C)[C@]4(C)CO)O[C@@H](C)[C@H](O)[C@H]3O)[C@@H]2O)OC[C@H]1O.